The molecule has 35 heavy (non-hydrogen) atoms. The summed E-state index contributed by atoms with van der Waals surface area (Å²) in [4.78, 5) is 42.3. The summed E-state index contributed by atoms with van der Waals surface area (Å²) in [5, 5.41) is 6.08. The first-order chi connectivity index (χ1) is 17.0. The Morgan fingerprint density at radius 1 is 1.17 bits per heavy atom. The van der Waals surface area contributed by atoms with Crippen LogP contribution in [0.3, 0.4) is 0 Å². The summed E-state index contributed by atoms with van der Waals surface area (Å²) in [7, 11) is 3.12. The van der Waals surface area contributed by atoms with E-state index in [9.17, 15) is 14.4 Å². The Morgan fingerprint density at radius 2 is 1.97 bits per heavy atom. The van der Waals surface area contributed by atoms with Crippen molar-refractivity contribution in [3.05, 3.63) is 36.4 Å². The van der Waals surface area contributed by atoms with Crippen molar-refractivity contribution in [3.63, 3.8) is 0 Å². The van der Waals surface area contributed by atoms with Crippen molar-refractivity contribution < 1.29 is 28.6 Å². The number of nitrogens with one attached hydrogen (secondary N) is 2. The van der Waals surface area contributed by atoms with Gasteiger partial charge in [0.1, 0.15) is 17.4 Å². The number of amides is 3. The van der Waals surface area contributed by atoms with E-state index in [1.807, 2.05) is 12.2 Å². The van der Waals surface area contributed by atoms with Gasteiger partial charge in [-0.05, 0) is 25.0 Å². The van der Waals surface area contributed by atoms with E-state index >= 15 is 0 Å². The zero-order chi connectivity index (χ0) is 24.6. The molecule has 0 unspecified atom stereocenters. The zero-order valence-electron chi connectivity index (χ0n) is 20.2. The van der Waals surface area contributed by atoms with Crippen LogP contribution in [0.1, 0.15) is 32.1 Å². The molecule has 0 aromatic heterocycles. The molecule has 1 aliphatic carbocycles. The van der Waals surface area contributed by atoms with Crippen LogP contribution in [0.4, 0.5) is 5.69 Å². The molecule has 1 aromatic carbocycles. The van der Waals surface area contributed by atoms with E-state index in [-0.39, 0.29) is 36.9 Å². The van der Waals surface area contributed by atoms with Gasteiger partial charge in [0.25, 0.3) is 0 Å². The quantitative estimate of drug-likeness (QED) is 0.547. The van der Waals surface area contributed by atoms with Crippen LogP contribution in [0.25, 0.3) is 0 Å². The molecule has 5 rings (SSSR count). The van der Waals surface area contributed by atoms with Gasteiger partial charge in [0, 0.05) is 31.5 Å². The number of carbonyl (C=O) groups excluding carboxylic acids is 3. The number of ether oxygens (including phenoxy) is 3. The standard InChI is InChI=1S/C26H33N3O6/c1-33-14-13-29-22(24(31)27-16-7-4-3-5-8-16)26-12-11-19(35-26)20(21(26)25(29)32)23(30)28-17-9-6-10-18(15-17)34-2/h6,9-12,15-16,19-22H,3-5,7-8,13-14H2,1-2H3,(H,27,31)(H,28,30)/t19-,20+,21-,22-,26+/m1/s1. The van der Waals surface area contributed by atoms with Crippen LogP contribution in [0.5, 0.6) is 5.75 Å². The number of hydrogen-bond acceptors (Lipinski definition) is 6. The van der Waals surface area contributed by atoms with Gasteiger partial charge < -0.3 is 29.7 Å². The van der Waals surface area contributed by atoms with Crippen molar-refractivity contribution >= 4 is 23.4 Å². The van der Waals surface area contributed by atoms with Gasteiger partial charge in [0.15, 0.2) is 0 Å². The normalized spacial score (nSPS) is 31.5. The Morgan fingerprint density at radius 3 is 2.71 bits per heavy atom. The minimum Gasteiger partial charge on any atom is -0.497 e. The highest BCUT2D eigenvalue weighted by molar-refractivity contribution is 6.02. The number of carbonyl (C=O) groups is 3. The molecule has 5 atom stereocenters. The van der Waals surface area contributed by atoms with Crippen molar-refractivity contribution in [2.45, 2.75) is 55.9 Å². The first-order valence-corrected chi connectivity index (χ1v) is 12.4. The third kappa shape index (κ3) is 4.10. The fourth-order valence-corrected chi connectivity index (χ4v) is 6.15. The maximum Gasteiger partial charge on any atom is 0.246 e. The molecule has 2 saturated heterocycles. The molecule has 3 amide bonds. The fourth-order valence-electron chi connectivity index (χ4n) is 6.15. The summed E-state index contributed by atoms with van der Waals surface area (Å²) >= 11 is 0. The predicted octanol–water partition coefficient (Wildman–Crippen LogP) is 1.88. The average molecular weight is 484 g/mol. The number of benzene rings is 1. The monoisotopic (exact) mass is 483 g/mol. The highest BCUT2D eigenvalue weighted by Gasteiger charge is 2.72. The maximum atomic E-state index is 13.7. The van der Waals surface area contributed by atoms with Crippen LogP contribution in [0.2, 0.25) is 0 Å². The fraction of sp³-hybridized carbons (Fsp3) is 0.577. The number of fused-ring (bicyclic) bond motifs is 1. The van der Waals surface area contributed by atoms with Gasteiger partial charge in [-0.2, -0.15) is 0 Å². The van der Waals surface area contributed by atoms with Gasteiger partial charge in [-0.3, -0.25) is 14.4 Å². The van der Waals surface area contributed by atoms with E-state index in [0.717, 1.165) is 25.7 Å². The topological polar surface area (TPSA) is 106 Å². The lowest BCUT2D eigenvalue weighted by atomic mass is 9.74. The average Bonchev–Trinajstić information content (AvgIpc) is 3.50. The summed E-state index contributed by atoms with van der Waals surface area (Å²) in [5.74, 6) is -1.68. The van der Waals surface area contributed by atoms with Gasteiger partial charge in [-0.15, -0.1) is 0 Å². The van der Waals surface area contributed by atoms with Crippen molar-refractivity contribution in [3.8, 4) is 5.75 Å². The van der Waals surface area contributed by atoms with Crippen LogP contribution in [-0.4, -0.2) is 73.8 Å². The number of rotatable bonds is 8. The molecular weight excluding hydrogens is 450 g/mol. The predicted molar refractivity (Wildman–Crippen MR) is 128 cm³/mol. The maximum absolute atomic E-state index is 13.7. The Labute approximate surface area is 205 Å². The molecule has 3 aliphatic heterocycles. The smallest absolute Gasteiger partial charge is 0.246 e. The van der Waals surface area contributed by atoms with Crippen molar-refractivity contribution in [1.29, 1.82) is 0 Å². The first kappa shape index (κ1) is 23.8. The lowest BCUT2D eigenvalue weighted by molar-refractivity contribution is -0.142. The first-order valence-electron chi connectivity index (χ1n) is 12.4. The molecule has 3 fully saturated rings. The molecule has 3 heterocycles. The molecule has 2 bridgehead atoms. The summed E-state index contributed by atoms with van der Waals surface area (Å²) in [5.41, 5.74) is -0.589. The number of methoxy groups -OCH3 is 2. The highest BCUT2D eigenvalue weighted by atomic mass is 16.5. The van der Waals surface area contributed by atoms with Crippen LogP contribution in [-0.2, 0) is 23.9 Å². The Bertz CT molecular complexity index is 1020. The minimum atomic E-state index is -1.16. The van der Waals surface area contributed by atoms with Gasteiger partial charge in [-0.25, -0.2) is 0 Å². The number of anilines is 1. The molecule has 188 valence electrons. The second-order valence-corrected chi connectivity index (χ2v) is 9.79. The van der Waals surface area contributed by atoms with Crippen LogP contribution < -0.4 is 15.4 Å². The molecular formula is C26H33N3O6. The van der Waals surface area contributed by atoms with E-state index < -0.39 is 29.6 Å². The van der Waals surface area contributed by atoms with E-state index in [1.165, 1.54) is 6.42 Å². The van der Waals surface area contributed by atoms with Crippen LogP contribution >= 0.6 is 0 Å². The molecule has 1 spiro atoms. The van der Waals surface area contributed by atoms with Gasteiger partial charge >= 0.3 is 0 Å². The van der Waals surface area contributed by atoms with E-state index in [4.69, 9.17) is 14.2 Å². The zero-order valence-corrected chi connectivity index (χ0v) is 20.2. The third-order valence-corrected chi connectivity index (χ3v) is 7.75. The van der Waals surface area contributed by atoms with Gasteiger partial charge in [0.2, 0.25) is 17.7 Å². The molecule has 9 heteroatoms. The Hall–Kier alpha value is -2.91. The third-order valence-electron chi connectivity index (χ3n) is 7.75. The summed E-state index contributed by atoms with van der Waals surface area (Å²) in [6.07, 6.45) is 8.30. The number of nitrogens with zero attached hydrogens (tertiary/aromatic N) is 1. The van der Waals surface area contributed by atoms with Crippen molar-refractivity contribution in [1.82, 2.24) is 10.2 Å². The Balaban J connectivity index is 1.41. The van der Waals surface area contributed by atoms with Crippen molar-refractivity contribution in [2.75, 3.05) is 32.7 Å². The second-order valence-electron chi connectivity index (χ2n) is 9.79. The lowest BCUT2D eigenvalue weighted by Gasteiger charge is -2.34. The van der Waals surface area contributed by atoms with E-state index in [1.54, 1.807) is 43.4 Å². The summed E-state index contributed by atoms with van der Waals surface area (Å²) in [6, 6.07) is 6.32. The lowest BCUT2D eigenvalue weighted by Crippen LogP contribution is -2.57. The number of likely N-dealkylation sites (tertiary alicyclic amines) is 1. The molecule has 4 aliphatic rings. The highest BCUT2D eigenvalue weighted by Crippen LogP contribution is 2.55. The van der Waals surface area contributed by atoms with E-state index in [2.05, 4.69) is 10.6 Å². The van der Waals surface area contributed by atoms with Gasteiger partial charge in [-0.1, -0.05) is 37.5 Å². The largest absolute Gasteiger partial charge is 0.497 e. The van der Waals surface area contributed by atoms with Crippen LogP contribution in [0, 0.1) is 11.8 Å². The summed E-state index contributed by atoms with van der Waals surface area (Å²) in [6.45, 7) is 0.540. The van der Waals surface area contributed by atoms with Crippen LogP contribution in [0.15, 0.2) is 36.4 Å². The molecule has 0 radical (unpaired) electrons. The number of hydrogen-bond donors (Lipinski definition) is 2. The molecule has 9 nitrogen and oxygen atoms in total. The van der Waals surface area contributed by atoms with Gasteiger partial charge in [0.05, 0.1) is 31.7 Å². The molecule has 1 saturated carbocycles. The Kier molecular flexibility index (Phi) is 6.55. The van der Waals surface area contributed by atoms with E-state index in [0.29, 0.717) is 11.4 Å². The minimum absolute atomic E-state index is 0.0980. The van der Waals surface area contributed by atoms with Crippen molar-refractivity contribution in [2.24, 2.45) is 11.8 Å². The molecule has 1 aromatic rings. The second kappa shape index (κ2) is 9.62. The SMILES string of the molecule is COCCN1C(=O)[C@H]2[C@@H](C(=O)Nc3cccc(OC)c3)[C@H]3C=C[C@@]2(O3)[C@H]1C(=O)NC1CCCCC1. The summed E-state index contributed by atoms with van der Waals surface area (Å²) < 4.78 is 16.8. The molecule has 2 N–H and O–H groups in total.